The molecular weight excluding hydrogens is 226 g/mol. The number of carbonyl (C=O) groups excluding carboxylic acids is 2. The fourth-order valence-electron chi connectivity index (χ4n) is 0.994. The zero-order chi connectivity index (χ0) is 12.9. The lowest BCUT2D eigenvalue weighted by Gasteiger charge is -2.05. The van der Waals surface area contributed by atoms with Crippen LogP contribution in [-0.4, -0.2) is 45.3 Å². The Kier molecular flexibility index (Phi) is 10.5. The van der Waals surface area contributed by atoms with Crippen LogP contribution in [0, 0.1) is 0 Å². The highest BCUT2D eigenvalue weighted by molar-refractivity contribution is 5.75. The van der Waals surface area contributed by atoms with Gasteiger partial charge < -0.3 is 14.8 Å². The Labute approximate surface area is 101 Å². The molecule has 7 heteroatoms. The van der Waals surface area contributed by atoms with Crippen molar-refractivity contribution < 1.29 is 19.1 Å². The Morgan fingerprint density at radius 3 is 2.00 bits per heavy atom. The van der Waals surface area contributed by atoms with Gasteiger partial charge in [0.25, 0.3) is 0 Å². The number of nitrogens with one attached hydrogen (secondary N) is 2. The van der Waals surface area contributed by atoms with Crippen molar-refractivity contribution in [2.45, 2.75) is 19.3 Å². The molecule has 2 amide bonds. The molecule has 0 atom stereocenters. The van der Waals surface area contributed by atoms with E-state index < -0.39 is 0 Å². The van der Waals surface area contributed by atoms with Crippen LogP contribution in [0.3, 0.4) is 0 Å². The first-order valence-electron chi connectivity index (χ1n) is 5.56. The van der Waals surface area contributed by atoms with Crippen molar-refractivity contribution in [3.8, 4) is 0 Å². The summed E-state index contributed by atoms with van der Waals surface area (Å²) in [7, 11) is 1.59. The predicted octanol–water partition coefficient (Wildman–Crippen LogP) is -1.07. The molecule has 0 aromatic heterocycles. The predicted molar refractivity (Wildman–Crippen MR) is 61.9 cm³/mol. The Bertz CT molecular complexity index is 202. The van der Waals surface area contributed by atoms with Crippen molar-refractivity contribution in [1.29, 1.82) is 0 Å². The van der Waals surface area contributed by atoms with Crippen molar-refractivity contribution in [1.82, 2.24) is 10.7 Å². The molecule has 0 heterocycles. The fraction of sp³-hybridized carbons (Fsp3) is 0.800. The maximum atomic E-state index is 10.8. The van der Waals surface area contributed by atoms with E-state index in [0.717, 1.165) is 6.42 Å². The molecule has 0 aliphatic carbocycles. The Morgan fingerprint density at radius 1 is 1.00 bits per heavy atom. The summed E-state index contributed by atoms with van der Waals surface area (Å²) < 4.78 is 10.4. The highest BCUT2D eigenvalue weighted by atomic mass is 16.5. The minimum absolute atomic E-state index is 0.0333. The zero-order valence-corrected chi connectivity index (χ0v) is 10.2. The minimum Gasteiger partial charge on any atom is -0.381 e. The maximum absolute atomic E-state index is 10.8. The van der Waals surface area contributed by atoms with Crippen LogP contribution < -0.4 is 16.6 Å². The van der Waals surface area contributed by atoms with Gasteiger partial charge in [-0.1, -0.05) is 0 Å². The summed E-state index contributed by atoms with van der Waals surface area (Å²) in [5.41, 5.74) is 2.02. The molecule has 0 radical (unpaired) electrons. The third-order valence-electron chi connectivity index (χ3n) is 1.96. The lowest BCUT2D eigenvalue weighted by atomic mass is 10.4. The van der Waals surface area contributed by atoms with E-state index >= 15 is 0 Å². The van der Waals surface area contributed by atoms with Crippen LogP contribution in [0.25, 0.3) is 0 Å². The standard InChI is InChI=1S/C10H21N3O4/c1-12-9(14)3-7-16-5-2-6-17-8-4-10(15)13-11/h2-8,11H2,1H3,(H,12,14)(H,13,15). The molecule has 0 unspecified atom stereocenters. The van der Waals surface area contributed by atoms with Crippen LogP contribution >= 0.6 is 0 Å². The van der Waals surface area contributed by atoms with Crippen LogP contribution in [0.5, 0.6) is 0 Å². The van der Waals surface area contributed by atoms with Crippen molar-refractivity contribution in [3.63, 3.8) is 0 Å². The van der Waals surface area contributed by atoms with Crippen molar-refractivity contribution in [2.24, 2.45) is 5.84 Å². The van der Waals surface area contributed by atoms with E-state index in [1.165, 1.54) is 0 Å². The van der Waals surface area contributed by atoms with Gasteiger partial charge in [0.1, 0.15) is 0 Å². The fourth-order valence-corrected chi connectivity index (χ4v) is 0.994. The normalized spacial score (nSPS) is 10.0. The zero-order valence-electron chi connectivity index (χ0n) is 10.2. The number of hydrazine groups is 1. The van der Waals surface area contributed by atoms with Gasteiger partial charge in [-0.05, 0) is 6.42 Å². The lowest BCUT2D eigenvalue weighted by Crippen LogP contribution is -2.30. The Hall–Kier alpha value is -1.18. The van der Waals surface area contributed by atoms with E-state index in [2.05, 4.69) is 5.32 Å². The van der Waals surface area contributed by atoms with E-state index in [4.69, 9.17) is 15.3 Å². The Morgan fingerprint density at radius 2 is 1.53 bits per heavy atom. The van der Waals surface area contributed by atoms with Gasteiger partial charge in [0.2, 0.25) is 11.8 Å². The van der Waals surface area contributed by atoms with Gasteiger partial charge >= 0.3 is 0 Å². The number of rotatable bonds is 10. The molecule has 100 valence electrons. The molecule has 17 heavy (non-hydrogen) atoms. The monoisotopic (exact) mass is 247 g/mol. The van der Waals surface area contributed by atoms with Gasteiger partial charge in [-0.3, -0.25) is 15.0 Å². The summed E-state index contributed by atoms with van der Waals surface area (Å²) in [6, 6.07) is 0. The van der Waals surface area contributed by atoms with Crippen LogP contribution in [0.1, 0.15) is 19.3 Å². The SMILES string of the molecule is CNC(=O)CCOCCCOCCC(=O)NN. The Balaban J connectivity index is 3.08. The molecule has 0 bridgehead atoms. The maximum Gasteiger partial charge on any atom is 0.236 e. The first-order valence-corrected chi connectivity index (χ1v) is 5.56. The molecule has 0 aliphatic rings. The second-order valence-corrected chi connectivity index (χ2v) is 3.32. The van der Waals surface area contributed by atoms with Gasteiger partial charge in [-0.15, -0.1) is 0 Å². The summed E-state index contributed by atoms with van der Waals surface area (Å²) in [4.78, 5) is 21.5. The van der Waals surface area contributed by atoms with E-state index in [0.29, 0.717) is 32.8 Å². The van der Waals surface area contributed by atoms with Gasteiger partial charge in [-0.2, -0.15) is 0 Å². The largest absolute Gasteiger partial charge is 0.381 e. The molecule has 0 aliphatic heterocycles. The third-order valence-corrected chi connectivity index (χ3v) is 1.96. The number of carbonyl (C=O) groups is 2. The molecule has 0 saturated carbocycles. The first kappa shape index (κ1) is 15.8. The highest BCUT2D eigenvalue weighted by Crippen LogP contribution is 1.89. The first-order chi connectivity index (χ1) is 8.20. The van der Waals surface area contributed by atoms with Crippen LogP contribution in [-0.2, 0) is 19.1 Å². The summed E-state index contributed by atoms with van der Waals surface area (Å²) in [5.74, 6) is 4.62. The van der Waals surface area contributed by atoms with Crippen molar-refractivity contribution in [3.05, 3.63) is 0 Å². The number of nitrogens with two attached hydrogens (primary N) is 1. The van der Waals surface area contributed by atoms with Gasteiger partial charge in [0.15, 0.2) is 0 Å². The molecule has 0 aromatic rings. The smallest absolute Gasteiger partial charge is 0.236 e. The quantitative estimate of drug-likeness (QED) is 0.197. The molecule has 0 aromatic carbocycles. The molecule has 0 fully saturated rings. The van der Waals surface area contributed by atoms with Crippen molar-refractivity contribution in [2.75, 3.05) is 33.5 Å². The minimum atomic E-state index is -0.244. The van der Waals surface area contributed by atoms with E-state index in [-0.39, 0.29) is 18.2 Å². The molecule has 0 spiro atoms. The van der Waals surface area contributed by atoms with E-state index in [1.807, 2.05) is 5.43 Å². The van der Waals surface area contributed by atoms with Gasteiger partial charge in [-0.25, -0.2) is 5.84 Å². The molecule has 0 rings (SSSR count). The highest BCUT2D eigenvalue weighted by Gasteiger charge is 1.98. The molecule has 7 nitrogen and oxygen atoms in total. The summed E-state index contributed by atoms with van der Waals surface area (Å²) >= 11 is 0. The molecule has 0 saturated heterocycles. The summed E-state index contributed by atoms with van der Waals surface area (Å²) in [5, 5.41) is 2.51. The van der Waals surface area contributed by atoms with E-state index in [9.17, 15) is 9.59 Å². The van der Waals surface area contributed by atoms with Crippen molar-refractivity contribution >= 4 is 11.8 Å². The average Bonchev–Trinajstić information content (AvgIpc) is 2.35. The summed E-state index contributed by atoms with van der Waals surface area (Å²) in [6.07, 6.45) is 1.36. The van der Waals surface area contributed by atoms with Gasteiger partial charge in [0.05, 0.1) is 19.6 Å². The second-order valence-electron chi connectivity index (χ2n) is 3.32. The number of hydrogen-bond donors (Lipinski definition) is 3. The van der Waals surface area contributed by atoms with Crippen LogP contribution in [0.15, 0.2) is 0 Å². The molecule has 4 N–H and O–H groups in total. The number of ether oxygens (including phenoxy) is 2. The van der Waals surface area contributed by atoms with E-state index in [1.54, 1.807) is 7.05 Å². The van der Waals surface area contributed by atoms with Crippen LogP contribution in [0.2, 0.25) is 0 Å². The lowest BCUT2D eigenvalue weighted by molar-refractivity contribution is -0.122. The molecular formula is C10H21N3O4. The number of hydrogen-bond acceptors (Lipinski definition) is 5. The average molecular weight is 247 g/mol. The second kappa shape index (κ2) is 11.3. The van der Waals surface area contributed by atoms with Crippen LogP contribution in [0.4, 0.5) is 0 Å². The van der Waals surface area contributed by atoms with Gasteiger partial charge in [0, 0.05) is 26.7 Å². The number of amides is 2. The summed E-state index contributed by atoms with van der Waals surface area (Å²) in [6.45, 7) is 1.83. The third kappa shape index (κ3) is 11.1. The topological polar surface area (TPSA) is 103 Å².